The van der Waals surface area contributed by atoms with E-state index < -0.39 is 18.6 Å². The number of nitrogens with zero attached hydrogens (tertiary/aromatic N) is 3. The number of anilines is 1. The summed E-state index contributed by atoms with van der Waals surface area (Å²) in [4.78, 5) is 4.30. The molecule has 0 aliphatic rings. The van der Waals surface area contributed by atoms with Crippen LogP contribution in [0.2, 0.25) is 0 Å². The molecule has 0 saturated carbocycles. The molecule has 7 heteroatoms. The molecule has 0 saturated heterocycles. The number of aryl methyl sites for hydroxylation is 1. The Kier molecular flexibility index (Phi) is 4.42. The molecule has 0 amide bonds. The number of nitrogens with one attached hydrogen (secondary N) is 1. The summed E-state index contributed by atoms with van der Waals surface area (Å²) in [5.41, 5.74) is 2.47. The molecule has 2 heterocycles. The second-order valence-electron chi connectivity index (χ2n) is 5.66. The van der Waals surface area contributed by atoms with E-state index in [4.69, 9.17) is 0 Å². The van der Waals surface area contributed by atoms with Gasteiger partial charge < -0.3 is 5.32 Å². The van der Waals surface area contributed by atoms with Crippen LogP contribution >= 0.6 is 0 Å². The molecule has 0 radical (unpaired) electrons. The molecule has 1 aromatic carbocycles. The van der Waals surface area contributed by atoms with E-state index in [2.05, 4.69) is 15.4 Å². The number of alkyl halides is 3. The van der Waals surface area contributed by atoms with E-state index in [1.165, 1.54) is 0 Å². The molecule has 3 rings (SSSR count). The number of hydrogen-bond acceptors (Lipinski definition) is 3. The zero-order valence-corrected chi connectivity index (χ0v) is 13.1. The van der Waals surface area contributed by atoms with E-state index in [0.29, 0.717) is 5.82 Å². The molecular formula is C17H17F3N4. The van der Waals surface area contributed by atoms with E-state index in [0.717, 1.165) is 16.6 Å². The summed E-state index contributed by atoms with van der Waals surface area (Å²) in [5.74, 6) is 0.531. The van der Waals surface area contributed by atoms with Crippen LogP contribution in [0.4, 0.5) is 19.0 Å². The molecule has 0 spiro atoms. The Morgan fingerprint density at radius 3 is 2.67 bits per heavy atom. The first-order chi connectivity index (χ1) is 11.4. The molecule has 2 aromatic heterocycles. The number of benzene rings is 1. The molecule has 1 N–H and O–H groups in total. The minimum absolute atomic E-state index is 0.0660. The number of rotatable bonds is 5. The van der Waals surface area contributed by atoms with Gasteiger partial charge >= 0.3 is 6.18 Å². The summed E-state index contributed by atoms with van der Waals surface area (Å²) >= 11 is 0. The molecule has 3 aromatic rings. The minimum atomic E-state index is -4.19. The third-order valence-electron chi connectivity index (χ3n) is 3.84. The van der Waals surface area contributed by atoms with Gasteiger partial charge in [-0.3, -0.25) is 0 Å². The SMILES string of the molecule is Cc1cnn2ccnc(NC(CCC(F)(F)F)c3ccccc3)c12. The van der Waals surface area contributed by atoms with Crippen molar-refractivity contribution < 1.29 is 13.2 Å². The van der Waals surface area contributed by atoms with E-state index in [9.17, 15) is 13.2 Å². The number of fused-ring (bicyclic) bond motifs is 1. The Labute approximate surface area is 137 Å². The fourth-order valence-corrected chi connectivity index (χ4v) is 2.67. The monoisotopic (exact) mass is 334 g/mol. The lowest BCUT2D eigenvalue weighted by Crippen LogP contribution is -2.17. The predicted molar refractivity (Wildman–Crippen MR) is 85.8 cm³/mol. The summed E-state index contributed by atoms with van der Waals surface area (Å²) in [7, 11) is 0. The normalized spacial score (nSPS) is 13.2. The van der Waals surface area contributed by atoms with Crippen molar-refractivity contribution >= 4 is 11.3 Å². The lowest BCUT2D eigenvalue weighted by atomic mass is 10.0. The van der Waals surface area contributed by atoms with Gasteiger partial charge in [0.15, 0.2) is 5.82 Å². The highest BCUT2D eigenvalue weighted by Gasteiger charge is 2.29. The van der Waals surface area contributed by atoms with Crippen molar-refractivity contribution in [2.45, 2.75) is 32.0 Å². The smallest absolute Gasteiger partial charge is 0.361 e. The Morgan fingerprint density at radius 1 is 1.21 bits per heavy atom. The van der Waals surface area contributed by atoms with Gasteiger partial charge in [0.05, 0.1) is 12.2 Å². The summed E-state index contributed by atoms with van der Waals surface area (Å²) in [5, 5.41) is 7.37. The Bertz CT molecular complexity index is 812. The van der Waals surface area contributed by atoms with Crippen LogP contribution in [0.3, 0.4) is 0 Å². The van der Waals surface area contributed by atoms with Gasteiger partial charge in [0.2, 0.25) is 0 Å². The average Bonchev–Trinajstić information content (AvgIpc) is 2.94. The zero-order chi connectivity index (χ0) is 17.2. The summed E-state index contributed by atoms with van der Waals surface area (Å²) in [6.45, 7) is 1.89. The second-order valence-corrected chi connectivity index (χ2v) is 5.66. The van der Waals surface area contributed by atoms with E-state index in [1.54, 1.807) is 23.1 Å². The number of halogens is 3. The van der Waals surface area contributed by atoms with Crippen molar-refractivity contribution in [3.63, 3.8) is 0 Å². The van der Waals surface area contributed by atoms with Crippen LogP contribution in [0.5, 0.6) is 0 Å². The maximum atomic E-state index is 12.7. The van der Waals surface area contributed by atoms with Crippen LogP contribution in [0.15, 0.2) is 48.9 Å². The highest BCUT2D eigenvalue weighted by Crippen LogP contribution is 2.31. The fraction of sp³-hybridized carbons (Fsp3) is 0.294. The molecule has 1 unspecified atom stereocenters. The molecular weight excluding hydrogens is 317 g/mol. The fourth-order valence-electron chi connectivity index (χ4n) is 2.67. The van der Waals surface area contributed by atoms with Crippen LogP contribution < -0.4 is 5.32 Å². The molecule has 0 fully saturated rings. The molecule has 24 heavy (non-hydrogen) atoms. The van der Waals surface area contributed by atoms with Crippen molar-refractivity contribution in [3.05, 3.63) is 60.0 Å². The number of hydrogen-bond donors (Lipinski definition) is 1. The Balaban J connectivity index is 1.92. The van der Waals surface area contributed by atoms with Crippen molar-refractivity contribution in [2.24, 2.45) is 0 Å². The van der Waals surface area contributed by atoms with Gasteiger partial charge in [0.25, 0.3) is 0 Å². The summed E-state index contributed by atoms with van der Waals surface area (Å²) in [6.07, 6.45) is -0.130. The maximum absolute atomic E-state index is 12.7. The lowest BCUT2D eigenvalue weighted by molar-refractivity contribution is -0.136. The van der Waals surface area contributed by atoms with E-state index in [-0.39, 0.29) is 6.42 Å². The molecule has 4 nitrogen and oxygen atoms in total. The molecule has 1 atom stereocenters. The minimum Gasteiger partial charge on any atom is -0.361 e. The van der Waals surface area contributed by atoms with Crippen LogP contribution in [0, 0.1) is 6.92 Å². The topological polar surface area (TPSA) is 42.2 Å². The maximum Gasteiger partial charge on any atom is 0.389 e. The third-order valence-corrected chi connectivity index (χ3v) is 3.84. The van der Waals surface area contributed by atoms with Crippen molar-refractivity contribution in [1.82, 2.24) is 14.6 Å². The lowest BCUT2D eigenvalue weighted by Gasteiger charge is -2.21. The average molecular weight is 334 g/mol. The van der Waals surface area contributed by atoms with Gasteiger partial charge in [-0.05, 0) is 24.5 Å². The standard InChI is InChI=1S/C17H17F3N4/c1-12-11-22-24-10-9-21-16(15(12)24)23-14(7-8-17(18,19)20)13-5-3-2-4-6-13/h2-6,9-11,14H,7-8H2,1H3,(H,21,23). The van der Waals surface area contributed by atoms with Gasteiger partial charge in [-0.25, -0.2) is 9.50 Å². The van der Waals surface area contributed by atoms with Gasteiger partial charge in [-0.2, -0.15) is 18.3 Å². The molecule has 126 valence electrons. The molecule has 0 bridgehead atoms. The third kappa shape index (κ3) is 3.67. The summed E-state index contributed by atoms with van der Waals surface area (Å²) in [6, 6.07) is 8.62. The van der Waals surface area contributed by atoms with Gasteiger partial charge in [0.1, 0.15) is 5.52 Å². The van der Waals surface area contributed by atoms with Crippen molar-refractivity contribution in [3.8, 4) is 0 Å². The van der Waals surface area contributed by atoms with Gasteiger partial charge in [0, 0.05) is 18.8 Å². The van der Waals surface area contributed by atoms with Crippen molar-refractivity contribution in [2.75, 3.05) is 5.32 Å². The zero-order valence-electron chi connectivity index (χ0n) is 13.1. The molecule has 0 aliphatic carbocycles. The quantitative estimate of drug-likeness (QED) is 0.745. The van der Waals surface area contributed by atoms with Crippen LogP contribution in [-0.4, -0.2) is 20.8 Å². The Morgan fingerprint density at radius 2 is 1.96 bits per heavy atom. The van der Waals surface area contributed by atoms with Crippen LogP contribution in [-0.2, 0) is 0 Å². The first kappa shape index (κ1) is 16.3. The van der Waals surface area contributed by atoms with Gasteiger partial charge in [-0.15, -0.1) is 0 Å². The summed E-state index contributed by atoms with van der Waals surface area (Å²) < 4.78 is 39.7. The number of aromatic nitrogens is 3. The first-order valence-electron chi connectivity index (χ1n) is 7.61. The van der Waals surface area contributed by atoms with E-state index in [1.807, 2.05) is 37.3 Å². The second kappa shape index (κ2) is 6.51. The van der Waals surface area contributed by atoms with E-state index >= 15 is 0 Å². The first-order valence-corrected chi connectivity index (χ1v) is 7.61. The predicted octanol–water partition coefficient (Wildman–Crippen LogP) is 4.53. The largest absolute Gasteiger partial charge is 0.389 e. The highest BCUT2D eigenvalue weighted by molar-refractivity contribution is 5.71. The van der Waals surface area contributed by atoms with Crippen LogP contribution in [0.1, 0.15) is 30.0 Å². The van der Waals surface area contributed by atoms with Crippen molar-refractivity contribution in [1.29, 1.82) is 0 Å². The van der Waals surface area contributed by atoms with Gasteiger partial charge in [-0.1, -0.05) is 30.3 Å². The van der Waals surface area contributed by atoms with Crippen LogP contribution in [0.25, 0.3) is 5.52 Å². The highest BCUT2D eigenvalue weighted by atomic mass is 19.4. The Hall–Kier alpha value is -2.57. The molecule has 0 aliphatic heterocycles.